The van der Waals surface area contributed by atoms with E-state index in [1.54, 1.807) is 11.3 Å². The van der Waals surface area contributed by atoms with Crippen molar-refractivity contribution in [2.24, 2.45) is 0 Å². The molecule has 0 fully saturated rings. The van der Waals surface area contributed by atoms with Crippen molar-refractivity contribution in [2.75, 3.05) is 20.7 Å². The first-order valence-electron chi connectivity index (χ1n) is 3.79. The van der Waals surface area contributed by atoms with Crippen LogP contribution in [0.2, 0.25) is 0 Å². The molecule has 1 aromatic rings. The van der Waals surface area contributed by atoms with Crippen LogP contribution in [0.1, 0.15) is 5.69 Å². The SMILES string of the molecule is CN(C)SOOCCc1cscn1.S. The Morgan fingerprint density at radius 2 is 2.36 bits per heavy atom. The maximum Gasteiger partial charge on any atom is 0.120 e. The van der Waals surface area contributed by atoms with Gasteiger partial charge in [-0.15, -0.1) is 15.7 Å². The first-order valence-corrected chi connectivity index (χ1v) is 5.44. The smallest absolute Gasteiger partial charge is 0.120 e. The van der Waals surface area contributed by atoms with Crippen LogP contribution in [0.15, 0.2) is 10.9 Å². The number of aromatic nitrogens is 1. The molecular formula is C7H14N2O2S3. The predicted molar refractivity (Wildman–Crippen MR) is 64.5 cm³/mol. The molecule has 0 N–H and O–H groups in total. The lowest BCUT2D eigenvalue weighted by Gasteiger charge is -2.05. The second-order valence-corrected chi connectivity index (χ2v) is 4.24. The Balaban J connectivity index is 0.00000169. The van der Waals surface area contributed by atoms with E-state index >= 15 is 0 Å². The molecule has 0 spiro atoms. The summed E-state index contributed by atoms with van der Waals surface area (Å²) in [6.45, 7) is 0.532. The average molecular weight is 254 g/mol. The van der Waals surface area contributed by atoms with E-state index < -0.39 is 0 Å². The van der Waals surface area contributed by atoms with Crippen LogP contribution in [-0.4, -0.2) is 30.0 Å². The Labute approximate surface area is 99.3 Å². The Kier molecular flexibility index (Phi) is 8.64. The minimum atomic E-state index is 0. The monoisotopic (exact) mass is 254 g/mol. The fourth-order valence-corrected chi connectivity index (χ4v) is 1.45. The molecule has 0 radical (unpaired) electrons. The number of thiazole rings is 1. The third-order valence-corrected chi connectivity index (χ3v) is 2.24. The summed E-state index contributed by atoms with van der Waals surface area (Å²) >= 11 is 2.75. The second kappa shape index (κ2) is 8.51. The van der Waals surface area contributed by atoms with E-state index in [-0.39, 0.29) is 13.5 Å². The van der Waals surface area contributed by atoms with E-state index in [9.17, 15) is 0 Å². The zero-order valence-electron chi connectivity index (χ0n) is 8.10. The van der Waals surface area contributed by atoms with E-state index in [0.717, 1.165) is 24.3 Å². The molecule has 14 heavy (non-hydrogen) atoms. The molecule has 0 aliphatic rings. The Hall–Kier alpha value is 0.210. The van der Waals surface area contributed by atoms with E-state index in [0.29, 0.717) is 6.61 Å². The summed E-state index contributed by atoms with van der Waals surface area (Å²) in [5.41, 5.74) is 2.86. The summed E-state index contributed by atoms with van der Waals surface area (Å²) in [6.07, 6.45) is 0.789. The largest absolute Gasteiger partial charge is 0.250 e. The van der Waals surface area contributed by atoms with Gasteiger partial charge < -0.3 is 0 Å². The molecule has 1 aromatic heterocycles. The van der Waals surface area contributed by atoms with E-state index in [1.807, 2.05) is 29.3 Å². The molecule has 0 amide bonds. The number of hydrogen-bond donors (Lipinski definition) is 0. The fourth-order valence-electron chi connectivity index (χ4n) is 0.624. The molecule has 0 saturated heterocycles. The van der Waals surface area contributed by atoms with Gasteiger partial charge in [-0.1, -0.05) is 0 Å². The standard InChI is InChI=1S/C7H12N2O2S2.H2S/c1-9(2)13-11-10-4-3-7-5-12-6-8-7;/h5-6H,3-4H2,1-2H3;1H2. The van der Waals surface area contributed by atoms with Gasteiger partial charge in [-0.3, -0.25) is 0 Å². The maximum absolute atomic E-state index is 4.90. The highest BCUT2D eigenvalue weighted by atomic mass is 32.2. The van der Waals surface area contributed by atoms with E-state index in [1.165, 1.54) is 0 Å². The molecule has 1 rings (SSSR count). The van der Waals surface area contributed by atoms with Crippen molar-refractivity contribution in [2.45, 2.75) is 6.42 Å². The molecule has 0 saturated carbocycles. The van der Waals surface area contributed by atoms with Crippen LogP contribution in [0.25, 0.3) is 0 Å². The lowest BCUT2D eigenvalue weighted by atomic mass is 10.4. The van der Waals surface area contributed by atoms with Gasteiger partial charge in [0.15, 0.2) is 0 Å². The molecule has 82 valence electrons. The van der Waals surface area contributed by atoms with Crippen molar-refractivity contribution in [1.82, 2.24) is 9.29 Å². The van der Waals surface area contributed by atoms with Gasteiger partial charge in [0, 0.05) is 11.8 Å². The summed E-state index contributed by atoms with van der Waals surface area (Å²) in [5.74, 6) is 0. The maximum atomic E-state index is 4.90. The molecule has 0 aromatic carbocycles. The highest BCUT2D eigenvalue weighted by Crippen LogP contribution is 2.06. The third kappa shape index (κ3) is 6.63. The van der Waals surface area contributed by atoms with Crippen LogP contribution in [-0.2, 0) is 15.6 Å². The lowest BCUT2D eigenvalue weighted by molar-refractivity contribution is -0.192. The van der Waals surface area contributed by atoms with Gasteiger partial charge in [0.25, 0.3) is 0 Å². The average Bonchev–Trinajstić information content (AvgIpc) is 2.55. The van der Waals surface area contributed by atoms with Crippen LogP contribution < -0.4 is 0 Å². The van der Waals surface area contributed by atoms with Crippen LogP contribution in [0.3, 0.4) is 0 Å². The topological polar surface area (TPSA) is 34.6 Å². The highest BCUT2D eigenvalue weighted by molar-refractivity contribution is 7.92. The molecular weight excluding hydrogens is 240 g/mol. The normalized spacial score (nSPS) is 10.2. The molecule has 0 bridgehead atoms. The highest BCUT2D eigenvalue weighted by Gasteiger charge is 1.96. The molecule has 0 aliphatic carbocycles. The first kappa shape index (κ1) is 14.2. The van der Waals surface area contributed by atoms with Gasteiger partial charge in [-0.25, -0.2) is 14.2 Å². The van der Waals surface area contributed by atoms with Crippen molar-refractivity contribution < 1.29 is 9.22 Å². The van der Waals surface area contributed by atoms with E-state index in [4.69, 9.17) is 9.22 Å². The molecule has 0 atom stereocenters. The third-order valence-electron chi connectivity index (χ3n) is 1.15. The second-order valence-electron chi connectivity index (χ2n) is 2.51. The van der Waals surface area contributed by atoms with Crippen molar-refractivity contribution in [3.05, 3.63) is 16.6 Å². The van der Waals surface area contributed by atoms with Gasteiger partial charge in [0.1, 0.15) is 12.2 Å². The van der Waals surface area contributed by atoms with Gasteiger partial charge in [0.2, 0.25) is 0 Å². The zero-order valence-corrected chi connectivity index (χ0v) is 10.7. The van der Waals surface area contributed by atoms with E-state index in [2.05, 4.69) is 4.98 Å². The van der Waals surface area contributed by atoms with Crippen LogP contribution >= 0.6 is 37.1 Å². The Morgan fingerprint density at radius 3 is 2.93 bits per heavy atom. The molecule has 1 heterocycles. The minimum Gasteiger partial charge on any atom is -0.250 e. The minimum absolute atomic E-state index is 0. The van der Waals surface area contributed by atoms with Crippen molar-refractivity contribution >= 4 is 37.1 Å². The summed E-state index contributed by atoms with van der Waals surface area (Å²) in [5, 5.41) is 2.00. The predicted octanol–water partition coefficient (Wildman–Crippen LogP) is 1.87. The first-order chi connectivity index (χ1) is 6.29. The fraction of sp³-hybridized carbons (Fsp3) is 0.571. The van der Waals surface area contributed by atoms with Gasteiger partial charge >= 0.3 is 0 Å². The number of hydrogen-bond acceptors (Lipinski definition) is 6. The van der Waals surface area contributed by atoms with Crippen LogP contribution in [0, 0.1) is 0 Å². The number of nitrogens with zero attached hydrogens (tertiary/aromatic N) is 2. The molecule has 7 heteroatoms. The summed E-state index contributed by atoms with van der Waals surface area (Å²) < 4.78 is 6.62. The lowest BCUT2D eigenvalue weighted by Crippen LogP contribution is -2.03. The van der Waals surface area contributed by atoms with Crippen molar-refractivity contribution in [3.63, 3.8) is 0 Å². The quantitative estimate of drug-likeness (QED) is 0.254. The molecule has 0 aliphatic heterocycles. The summed E-state index contributed by atoms with van der Waals surface area (Å²) in [6, 6.07) is 0. The summed E-state index contributed by atoms with van der Waals surface area (Å²) in [7, 11) is 3.77. The summed E-state index contributed by atoms with van der Waals surface area (Å²) in [4.78, 5) is 9.02. The molecule has 4 nitrogen and oxygen atoms in total. The van der Waals surface area contributed by atoms with Gasteiger partial charge in [-0.2, -0.15) is 13.5 Å². The zero-order chi connectivity index (χ0) is 9.52. The van der Waals surface area contributed by atoms with Crippen LogP contribution in [0.5, 0.6) is 0 Å². The van der Waals surface area contributed by atoms with Crippen molar-refractivity contribution in [3.8, 4) is 0 Å². The Morgan fingerprint density at radius 1 is 1.57 bits per heavy atom. The van der Waals surface area contributed by atoms with Crippen LogP contribution in [0.4, 0.5) is 0 Å². The van der Waals surface area contributed by atoms with Gasteiger partial charge in [0.05, 0.1) is 17.8 Å². The van der Waals surface area contributed by atoms with Gasteiger partial charge in [-0.05, 0) is 14.1 Å². The van der Waals surface area contributed by atoms with Crippen molar-refractivity contribution in [1.29, 1.82) is 0 Å². The Bertz CT molecular complexity index is 219. The molecule has 0 unspecified atom stereocenters. The number of rotatable bonds is 6.